The summed E-state index contributed by atoms with van der Waals surface area (Å²) in [5, 5.41) is 12.7. The number of aromatic amines is 1. The van der Waals surface area contributed by atoms with Crippen molar-refractivity contribution in [2.45, 2.75) is 56.1 Å². The largest absolute Gasteiger partial charge is 0.497 e. The normalized spacial score (nSPS) is 21.8. The molecule has 8 nitrogen and oxygen atoms in total. The van der Waals surface area contributed by atoms with E-state index >= 15 is 0 Å². The van der Waals surface area contributed by atoms with Gasteiger partial charge < -0.3 is 14.6 Å². The molecule has 218 valence electrons. The molecule has 8 heteroatoms. The highest BCUT2D eigenvalue weighted by Crippen LogP contribution is 2.47. The standard InChI is InChI=1S/C34H37N3O5/c1-23-22-37(33(40)35-31(23)39)32-28(36-19-9-10-20-36)21-29(42-32)30(38)34(24-11-5-3-6-12-24,25-13-7-4-8-14-25)26-15-17-27(41-2)18-16-26/h3-8,11-18,22,28-30,32,38H,9-10,19-21H2,1-2H3,(H,35,39,40)/t28?,29-,30?,32+/m0/s1. The Bertz CT molecular complexity index is 1570. The Morgan fingerprint density at radius 1 is 0.905 bits per heavy atom. The summed E-state index contributed by atoms with van der Waals surface area (Å²) in [6.45, 7) is 3.47. The highest BCUT2D eigenvalue weighted by atomic mass is 16.5. The third-order valence-corrected chi connectivity index (χ3v) is 8.95. The molecule has 1 aromatic heterocycles. The van der Waals surface area contributed by atoms with Gasteiger partial charge in [0.1, 0.15) is 5.75 Å². The van der Waals surface area contributed by atoms with E-state index in [0.29, 0.717) is 12.0 Å². The zero-order chi connectivity index (χ0) is 29.3. The van der Waals surface area contributed by atoms with Crippen molar-refractivity contribution < 1.29 is 14.6 Å². The number of aromatic nitrogens is 2. The van der Waals surface area contributed by atoms with Gasteiger partial charge in [0.2, 0.25) is 0 Å². The van der Waals surface area contributed by atoms with Crippen LogP contribution < -0.4 is 16.0 Å². The molecule has 3 aromatic carbocycles. The Morgan fingerprint density at radius 2 is 1.48 bits per heavy atom. The van der Waals surface area contributed by atoms with Gasteiger partial charge in [0, 0.05) is 11.8 Å². The van der Waals surface area contributed by atoms with Gasteiger partial charge in [-0.2, -0.15) is 0 Å². The maximum atomic E-state index is 13.1. The van der Waals surface area contributed by atoms with Crippen molar-refractivity contribution >= 4 is 0 Å². The van der Waals surface area contributed by atoms with Gasteiger partial charge in [-0.1, -0.05) is 72.8 Å². The SMILES string of the molecule is COc1ccc(C(c2ccccc2)(c2ccccc2)C(O)[C@@H]2CC(N3CCCC3)[C@H](n3cc(C)c(=O)[nH]c3=O)O2)cc1. The summed E-state index contributed by atoms with van der Waals surface area (Å²) in [6.07, 6.45) is 1.93. The average Bonchev–Trinajstić information content (AvgIpc) is 3.72. The number of nitrogens with zero attached hydrogens (tertiary/aromatic N) is 2. The summed E-state index contributed by atoms with van der Waals surface area (Å²) in [5.41, 5.74) is 1.28. The zero-order valence-electron chi connectivity index (χ0n) is 24.0. The Kier molecular flexibility index (Phi) is 7.86. The predicted molar refractivity (Wildman–Crippen MR) is 161 cm³/mol. The van der Waals surface area contributed by atoms with Crippen LogP contribution in [0, 0.1) is 6.92 Å². The lowest BCUT2D eigenvalue weighted by atomic mass is 9.64. The summed E-state index contributed by atoms with van der Waals surface area (Å²) >= 11 is 0. The van der Waals surface area contributed by atoms with E-state index < -0.39 is 35.1 Å². The van der Waals surface area contributed by atoms with Gasteiger partial charge in [-0.05, 0) is 68.1 Å². The Balaban J connectivity index is 1.51. The molecular weight excluding hydrogens is 530 g/mol. The number of aliphatic hydroxyl groups excluding tert-OH is 1. The van der Waals surface area contributed by atoms with Crippen LogP contribution in [0.1, 0.15) is 47.7 Å². The maximum Gasteiger partial charge on any atom is 0.330 e. The van der Waals surface area contributed by atoms with Gasteiger partial charge >= 0.3 is 5.69 Å². The van der Waals surface area contributed by atoms with E-state index in [0.717, 1.165) is 48.4 Å². The van der Waals surface area contributed by atoms with Crippen molar-refractivity contribution in [3.8, 4) is 5.75 Å². The molecule has 3 heterocycles. The monoisotopic (exact) mass is 567 g/mol. The van der Waals surface area contributed by atoms with E-state index in [4.69, 9.17) is 9.47 Å². The van der Waals surface area contributed by atoms with Gasteiger partial charge in [0.15, 0.2) is 6.23 Å². The van der Waals surface area contributed by atoms with Crippen molar-refractivity contribution in [1.29, 1.82) is 0 Å². The van der Waals surface area contributed by atoms with Crippen molar-refractivity contribution in [3.05, 3.63) is 134 Å². The number of methoxy groups -OCH3 is 1. The second kappa shape index (κ2) is 11.7. The van der Waals surface area contributed by atoms with Gasteiger partial charge in [-0.15, -0.1) is 0 Å². The number of H-pyrrole nitrogens is 1. The molecule has 2 aliphatic heterocycles. The third-order valence-electron chi connectivity index (χ3n) is 8.95. The predicted octanol–water partition coefficient (Wildman–Crippen LogP) is 4.00. The molecular formula is C34H37N3O5. The van der Waals surface area contributed by atoms with E-state index in [-0.39, 0.29) is 6.04 Å². The van der Waals surface area contributed by atoms with E-state index in [1.165, 1.54) is 4.57 Å². The first-order valence-electron chi connectivity index (χ1n) is 14.6. The summed E-state index contributed by atoms with van der Waals surface area (Å²) in [7, 11) is 1.64. The van der Waals surface area contributed by atoms with Crippen molar-refractivity contribution in [3.63, 3.8) is 0 Å². The summed E-state index contributed by atoms with van der Waals surface area (Å²) in [5.74, 6) is 0.724. The first-order chi connectivity index (χ1) is 20.4. The van der Waals surface area contributed by atoms with E-state index in [9.17, 15) is 14.7 Å². The molecule has 2 N–H and O–H groups in total. The van der Waals surface area contributed by atoms with Crippen LogP contribution in [0.15, 0.2) is 101 Å². The number of rotatable bonds is 8. The van der Waals surface area contributed by atoms with Crippen molar-refractivity contribution in [2.75, 3.05) is 20.2 Å². The van der Waals surface area contributed by atoms with Crippen LogP contribution in [-0.2, 0) is 10.2 Å². The van der Waals surface area contributed by atoms with Crippen LogP contribution in [-0.4, -0.2) is 58.0 Å². The van der Waals surface area contributed by atoms with Gasteiger partial charge in [0.25, 0.3) is 5.56 Å². The molecule has 0 amide bonds. The van der Waals surface area contributed by atoms with Crippen LogP contribution >= 0.6 is 0 Å². The Hall–Kier alpha value is -3.98. The molecule has 2 aliphatic rings. The second-order valence-corrected chi connectivity index (χ2v) is 11.3. The minimum atomic E-state index is -1.02. The first kappa shape index (κ1) is 28.2. The molecule has 42 heavy (non-hydrogen) atoms. The smallest absolute Gasteiger partial charge is 0.330 e. The molecule has 6 rings (SSSR count). The molecule has 0 saturated carbocycles. The van der Waals surface area contributed by atoms with Gasteiger partial charge in [0.05, 0.1) is 30.8 Å². The molecule has 0 bridgehead atoms. The van der Waals surface area contributed by atoms with Crippen LogP contribution in [0.5, 0.6) is 5.75 Å². The quantitative estimate of drug-likeness (QED) is 0.313. The second-order valence-electron chi connectivity index (χ2n) is 11.3. The van der Waals surface area contributed by atoms with Crippen molar-refractivity contribution in [2.24, 2.45) is 0 Å². The van der Waals surface area contributed by atoms with Crippen LogP contribution in [0.3, 0.4) is 0 Å². The number of aryl methyl sites for hydroxylation is 1. The zero-order valence-corrected chi connectivity index (χ0v) is 24.0. The Morgan fingerprint density at radius 3 is 2.05 bits per heavy atom. The molecule has 0 radical (unpaired) electrons. The number of hydrogen-bond acceptors (Lipinski definition) is 6. The first-order valence-corrected chi connectivity index (χ1v) is 14.6. The number of ether oxygens (including phenoxy) is 2. The summed E-state index contributed by atoms with van der Waals surface area (Å²) < 4.78 is 13.7. The average molecular weight is 568 g/mol. The minimum Gasteiger partial charge on any atom is -0.497 e. The number of aliphatic hydroxyl groups is 1. The number of likely N-dealkylation sites (tertiary alicyclic amines) is 1. The molecule has 4 atom stereocenters. The summed E-state index contributed by atoms with van der Waals surface area (Å²) in [4.78, 5) is 30.1. The minimum absolute atomic E-state index is 0.143. The molecule has 0 aliphatic carbocycles. The topological polar surface area (TPSA) is 96.8 Å². The summed E-state index contributed by atoms with van der Waals surface area (Å²) in [6, 6.07) is 27.7. The van der Waals surface area contributed by atoms with Crippen LogP contribution in [0.25, 0.3) is 0 Å². The van der Waals surface area contributed by atoms with Crippen LogP contribution in [0.4, 0.5) is 0 Å². The fourth-order valence-electron chi connectivity index (χ4n) is 6.86. The highest BCUT2D eigenvalue weighted by molar-refractivity contribution is 5.53. The van der Waals surface area contributed by atoms with E-state index in [2.05, 4.69) is 9.88 Å². The lowest BCUT2D eigenvalue weighted by molar-refractivity contribution is -0.0831. The van der Waals surface area contributed by atoms with Gasteiger partial charge in [-0.25, -0.2) is 4.79 Å². The van der Waals surface area contributed by atoms with E-state index in [1.807, 2.05) is 84.9 Å². The molecule has 2 saturated heterocycles. The maximum absolute atomic E-state index is 13.1. The Labute approximate surface area is 245 Å². The fourth-order valence-corrected chi connectivity index (χ4v) is 6.86. The number of benzene rings is 3. The highest BCUT2D eigenvalue weighted by Gasteiger charge is 2.52. The van der Waals surface area contributed by atoms with E-state index in [1.54, 1.807) is 20.2 Å². The lowest BCUT2D eigenvalue weighted by Gasteiger charge is -2.42. The molecule has 2 fully saturated rings. The molecule has 4 aromatic rings. The van der Waals surface area contributed by atoms with Crippen LogP contribution in [0.2, 0.25) is 0 Å². The van der Waals surface area contributed by atoms with Gasteiger partial charge in [-0.3, -0.25) is 19.2 Å². The lowest BCUT2D eigenvalue weighted by Crippen LogP contribution is -2.48. The third kappa shape index (κ3) is 4.89. The van der Waals surface area contributed by atoms with Crippen molar-refractivity contribution in [1.82, 2.24) is 14.5 Å². The number of hydrogen-bond donors (Lipinski definition) is 2. The molecule has 0 spiro atoms. The fraction of sp³-hybridized carbons (Fsp3) is 0.353. The number of nitrogens with one attached hydrogen (secondary N) is 1. The molecule has 2 unspecified atom stereocenters.